The van der Waals surface area contributed by atoms with E-state index in [1.54, 1.807) is 12.4 Å². The molecule has 0 bridgehead atoms. The van der Waals surface area contributed by atoms with Gasteiger partial charge in [-0.25, -0.2) is 9.78 Å². The van der Waals surface area contributed by atoms with Gasteiger partial charge in [-0.2, -0.15) is 0 Å². The molecule has 4 N–H and O–H groups in total. The molecule has 0 aliphatic rings. The third-order valence-electron chi connectivity index (χ3n) is 2.45. The molecule has 0 radical (unpaired) electrons. The number of nitrogens with two attached hydrogens (primary N) is 1. The normalized spacial score (nSPS) is 10.2. The van der Waals surface area contributed by atoms with E-state index in [1.807, 2.05) is 6.92 Å². The molecule has 2 heterocycles. The minimum absolute atomic E-state index is 0.0765. The Hall–Kier alpha value is -2.70. The Morgan fingerprint density at radius 1 is 1.32 bits per heavy atom. The first kappa shape index (κ1) is 12.7. The number of nitrogens with zero attached hydrogens (tertiary/aromatic N) is 3. The van der Waals surface area contributed by atoms with Gasteiger partial charge in [0.1, 0.15) is 5.82 Å². The highest BCUT2D eigenvalue weighted by molar-refractivity contribution is 5.94. The number of aromatic nitrogens is 3. The molecule has 0 fully saturated rings. The number of hydrogen-bond donors (Lipinski definition) is 3. The number of nitrogens with one attached hydrogen (secondary N) is 1. The smallest absolute Gasteiger partial charge is 0.337 e. The Balaban J connectivity index is 2.15. The summed E-state index contributed by atoms with van der Waals surface area (Å²) < 4.78 is 0. The third-order valence-corrected chi connectivity index (χ3v) is 2.45. The second-order valence-electron chi connectivity index (χ2n) is 3.96. The van der Waals surface area contributed by atoms with E-state index >= 15 is 0 Å². The van der Waals surface area contributed by atoms with E-state index < -0.39 is 5.97 Å². The van der Waals surface area contributed by atoms with Gasteiger partial charge in [-0.15, -0.1) is 0 Å². The zero-order valence-corrected chi connectivity index (χ0v) is 10.3. The molecule has 0 aliphatic heterocycles. The molecule has 0 saturated heterocycles. The molecule has 7 nitrogen and oxygen atoms in total. The Kier molecular flexibility index (Phi) is 3.56. The van der Waals surface area contributed by atoms with Gasteiger partial charge in [-0.1, -0.05) is 0 Å². The molecular formula is C12H13N5O2. The highest BCUT2D eigenvalue weighted by Crippen LogP contribution is 2.17. The quantitative estimate of drug-likeness (QED) is 0.752. The van der Waals surface area contributed by atoms with Gasteiger partial charge >= 0.3 is 5.97 Å². The van der Waals surface area contributed by atoms with Crippen LogP contribution in [0.1, 0.15) is 21.7 Å². The zero-order chi connectivity index (χ0) is 13.8. The maximum absolute atomic E-state index is 11.1. The maximum atomic E-state index is 11.1. The molecular weight excluding hydrogens is 246 g/mol. The summed E-state index contributed by atoms with van der Waals surface area (Å²) >= 11 is 0. The number of carboxylic acid groups (broad SMARTS) is 1. The first-order valence-electron chi connectivity index (χ1n) is 5.56. The highest BCUT2D eigenvalue weighted by atomic mass is 16.4. The monoisotopic (exact) mass is 259 g/mol. The van der Waals surface area contributed by atoms with Crippen LogP contribution in [-0.2, 0) is 6.54 Å². The van der Waals surface area contributed by atoms with Crippen molar-refractivity contribution in [1.29, 1.82) is 0 Å². The van der Waals surface area contributed by atoms with Crippen LogP contribution >= 0.6 is 0 Å². The summed E-state index contributed by atoms with van der Waals surface area (Å²) in [6.45, 7) is 2.20. The number of nitrogen functional groups attached to an aromatic ring is 1. The summed E-state index contributed by atoms with van der Waals surface area (Å²) in [6, 6.07) is 1.31. The average molecular weight is 259 g/mol. The molecule has 0 aliphatic carbocycles. The summed E-state index contributed by atoms with van der Waals surface area (Å²) in [5.41, 5.74) is 7.46. The van der Waals surface area contributed by atoms with Gasteiger partial charge in [0.05, 0.1) is 41.6 Å². The van der Waals surface area contributed by atoms with Crippen molar-refractivity contribution in [3.8, 4) is 0 Å². The van der Waals surface area contributed by atoms with Crippen LogP contribution in [0, 0.1) is 6.92 Å². The molecule has 0 aromatic carbocycles. The highest BCUT2D eigenvalue weighted by Gasteiger charge is 2.11. The van der Waals surface area contributed by atoms with Crippen molar-refractivity contribution in [2.24, 2.45) is 0 Å². The Labute approximate surface area is 109 Å². The van der Waals surface area contributed by atoms with Gasteiger partial charge in [0.15, 0.2) is 0 Å². The van der Waals surface area contributed by atoms with Crippen molar-refractivity contribution >= 4 is 17.5 Å². The second-order valence-corrected chi connectivity index (χ2v) is 3.96. The van der Waals surface area contributed by atoms with E-state index in [9.17, 15) is 4.79 Å². The molecule has 0 atom stereocenters. The van der Waals surface area contributed by atoms with E-state index in [-0.39, 0.29) is 11.4 Å². The van der Waals surface area contributed by atoms with Gasteiger partial charge in [-0.3, -0.25) is 9.97 Å². The van der Waals surface area contributed by atoms with Crippen LogP contribution < -0.4 is 11.1 Å². The van der Waals surface area contributed by atoms with Crippen molar-refractivity contribution in [3.63, 3.8) is 0 Å². The summed E-state index contributed by atoms with van der Waals surface area (Å²) in [6.07, 6.45) is 4.67. The molecule has 0 unspecified atom stereocenters. The number of carbonyl (C=O) groups is 1. The van der Waals surface area contributed by atoms with Crippen molar-refractivity contribution < 1.29 is 9.90 Å². The average Bonchev–Trinajstić information content (AvgIpc) is 2.39. The lowest BCUT2D eigenvalue weighted by molar-refractivity contribution is 0.0698. The van der Waals surface area contributed by atoms with Crippen molar-refractivity contribution in [2.75, 3.05) is 11.1 Å². The van der Waals surface area contributed by atoms with Gasteiger partial charge in [0, 0.05) is 6.20 Å². The lowest BCUT2D eigenvalue weighted by atomic mass is 10.2. The van der Waals surface area contributed by atoms with E-state index in [2.05, 4.69) is 20.3 Å². The number of rotatable bonds is 4. The second kappa shape index (κ2) is 5.30. The fourth-order valence-corrected chi connectivity index (χ4v) is 1.49. The van der Waals surface area contributed by atoms with Crippen LogP contribution in [0.4, 0.5) is 11.5 Å². The first-order chi connectivity index (χ1) is 9.06. The van der Waals surface area contributed by atoms with Crippen LogP contribution in [-0.4, -0.2) is 26.0 Å². The Morgan fingerprint density at radius 3 is 2.74 bits per heavy atom. The fourth-order valence-electron chi connectivity index (χ4n) is 1.49. The minimum Gasteiger partial charge on any atom is -0.478 e. The maximum Gasteiger partial charge on any atom is 0.337 e. The van der Waals surface area contributed by atoms with E-state index in [1.165, 1.54) is 12.3 Å². The van der Waals surface area contributed by atoms with Crippen molar-refractivity contribution in [1.82, 2.24) is 15.0 Å². The number of anilines is 2. The van der Waals surface area contributed by atoms with Crippen molar-refractivity contribution in [2.45, 2.75) is 13.5 Å². The molecule has 0 amide bonds. The summed E-state index contributed by atoms with van der Waals surface area (Å²) in [5, 5.41) is 12.0. The Bertz CT molecular complexity index is 598. The summed E-state index contributed by atoms with van der Waals surface area (Å²) in [4.78, 5) is 23.2. The number of carboxylic acids is 1. The van der Waals surface area contributed by atoms with E-state index in [4.69, 9.17) is 10.8 Å². The van der Waals surface area contributed by atoms with E-state index in [0.29, 0.717) is 17.9 Å². The van der Waals surface area contributed by atoms with Gasteiger partial charge < -0.3 is 16.2 Å². The number of pyridine rings is 1. The standard InChI is InChI=1S/C12H13N5O2/c1-7-3-15-8(4-14-7)5-16-10-6-17-11(13)2-9(10)12(18)19/h2-4,6,16H,5H2,1H3,(H2,13,17)(H,18,19). The van der Waals surface area contributed by atoms with Gasteiger partial charge in [0.2, 0.25) is 0 Å². The zero-order valence-electron chi connectivity index (χ0n) is 10.3. The predicted octanol–water partition coefficient (Wildman–Crippen LogP) is 1.07. The molecule has 19 heavy (non-hydrogen) atoms. The minimum atomic E-state index is -1.06. The summed E-state index contributed by atoms with van der Waals surface area (Å²) in [7, 11) is 0. The molecule has 7 heteroatoms. The lowest BCUT2D eigenvalue weighted by Crippen LogP contribution is -2.09. The number of hydrogen-bond acceptors (Lipinski definition) is 6. The van der Waals surface area contributed by atoms with Crippen LogP contribution in [0.15, 0.2) is 24.7 Å². The topological polar surface area (TPSA) is 114 Å². The molecule has 0 saturated carbocycles. The van der Waals surface area contributed by atoms with Crippen LogP contribution in [0.5, 0.6) is 0 Å². The van der Waals surface area contributed by atoms with Crippen LogP contribution in [0.2, 0.25) is 0 Å². The molecule has 2 rings (SSSR count). The largest absolute Gasteiger partial charge is 0.478 e. The predicted molar refractivity (Wildman–Crippen MR) is 69.7 cm³/mol. The lowest BCUT2D eigenvalue weighted by Gasteiger charge is -2.09. The third kappa shape index (κ3) is 3.15. The van der Waals surface area contributed by atoms with Gasteiger partial charge in [0.25, 0.3) is 0 Å². The molecule has 2 aromatic heterocycles. The summed E-state index contributed by atoms with van der Waals surface area (Å²) in [5.74, 6) is -0.898. The molecule has 0 spiro atoms. The van der Waals surface area contributed by atoms with Crippen LogP contribution in [0.3, 0.4) is 0 Å². The van der Waals surface area contributed by atoms with Gasteiger partial charge in [-0.05, 0) is 13.0 Å². The molecule has 2 aromatic rings. The van der Waals surface area contributed by atoms with Crippen molar-refractivity contribution in [3.05, 3.63) is 41.6 Å². The number of aromatic carboxylic acids is 1. The first-order valence-corrected chi connectivity index (χ1v) is 5.56. The molecule has 98 valence electrons. The Morgan fingerprint density at radius 2 is 2.11 bits per heavy atom. The number of aryl methyl sites for hydroxylation is 1. The van der Waals surface area contributed by atoms with Crippen LogP contribution in [0.25, 0.3) is 0 Å². The van der Waals surface area contributed by atoms with E-state index in [0.717, 1.165) is 5.69 Å². The fraction of sp³-hybridized carbons (Fsp3) is 0.167. The SMILES string of the molecule is Cc1cnc(CNc2cnc(N)cc2C(=O)O)cn1.